The highest BCUT2D eigenvalue weighted by Crippen LogP contribution is 2.25. The fraction of sp³-hybridized carbons (Fsp3) is 0.231. The van der Waals surface area contributed by atoms with Gasteiger partial charge in [0.05, 0.1) is 7.11 Å². The lowest BCUT2D eigenvalue weighted by Gasteiger charge is -2.31. The zero-order valence-electron chi connectivity index (χ0n) is 18.4. The summed E-state index contributed by atoms with van der Waals surface area (Å²) in [5, 5.41) is 2.86. The highest BCUT2D eigenvalue weighted by Gasteiger charge is 2.31. The summed E-state index contributed by atoms with van der Waals surface area (Å²) >= 11 is 0. The Morgan fingerprint density at radius 2 is 1.50 bits per heavy atom. The minimum atomic E-state index is -0.787. The largest absolute Gasteiger partial charge is 0.497 e. The van der Waals surface area contributed by atoms with Gasteiger partial charge in [-0.2, -0.15) is 0 Å². The van der Waals surface area contributed by atoms with Crippen molar-refractivity contribution in [2.24, 2.45) is 0 Å². The molecule has 2 amide bonds. The Morgan fingerprint density at radius 3 is 2.09 bits per heavy atom. The third-order valence-corrected chi connectivity index (χ3v) is 4.96. The molecular formula is C26H28N2O4. The first-order valence-electron chi connectivity index (χ1n) is 10.5. The van der Waals surface area contributed by atoms with Crippen LogP contribution in [0, 0.1) is 0 Å². The smallest absolute Gasteiger partial charge is 0.261 e. The first kappa shape index (κ1) is 22.9. The van der Waals surface area contributed by atoms with E-state index in [0.29, 0.717) is 12.3 Å². The second-order valence-electron chi connectivity index (χ2n) is 7.18. The van der Waals surface area contributed by atoms with Crippen molar-refractivity contribution in [3.05, 3.63) is 96.1 Å². The van der Waals surface area contributed by atoms with Crippen LogP contribution in [0.4, 0.5) is 0 Å². The number of nitrogens with zero attached hydrogens (tertiary/aromatic N) is 1. The molecule has 6 nitrogen and oxygen atoms in total. The summed E-state index contributed by atoms with van der Waals surface area (Å²) in [7, 11) is 1.60. The van der Waals surface area contributed by atoms with Gasteiger partial charge in [-0.15, -0.1) is 0 Å². The molecule has 3 rings (SSSR count). The zero-order valence-corrected chi connectivity index (χ0v) is 18.4. The average Bonchev–Trinajstić information content (AvgIpc) is 2.84. The van der Waals surface area contributed by atoms with E-state index in [-0.39, 0.29) is 25.0 Å². The number of nitrogens with one attached hydrogen (secondary N) is 1. The van der Waals surface area contributed by atoms with Crippen LogP contribution >= 0.6 is 0 Å². The van der Waals surface area contributed by atoms with Crippen molar-refractivity contribution in [3.63, 3.8) is 0 Å². The van der Waals surface area contributed by atoms with Gasteiger partial charge in [-0.05, 0) is 42.3 Å². The molecule has 0 saturated carbocycles. The van der Waals surface area contributed by atoms with Crippen molar-refractivity contribution in [2.75, 3.05) is 20.3 Å². The van der Waals surface area contributed by atoms with Crippen LogP contribution in [0.15, 0.2) is 84.9 Å². The van der Waals surface area contributed by atoms with Gasteiger partial charge in [0.25, 0.3) is 5.91 Å². The number of hydrogen-bond donors (Lipinski definition) is 1. The molecule has 0 fully saturated rings. The summed E-state index contributed by atoms with van der Waals surface area (Å²) in [6, 6.07) is 25.1. The number of likely N-dealkylation sites (N-methyl/N-ethyl adjacent to an activating group) is 1. The number of carbonyl (C=O) groups excluding carboxylic acids is 2. The topological polar surface area (TPSA) is 67.9 Å². The van der Waals surface area contributed by atoms with Crippen molar-refractivity contribution < 1.29 is 19.1 Å². The fourth-order valence-corrected chi connectivity index (χ4v) is 3.37. The van der Waals surface area contributed by atoms with Crippen molar-refractivity contribution >= 4 is 11.8 Å². The minimum Gasteiger partial charge on any atom is -0.497 e. The molecule has 0 bridgehead atoms. The normalized spacial score (nSPS) is 11.3. The van der Waals surface area contributed by atoms with Crippen molar-refractivity contribution in [3.8, 4) is 11.5 Å². The van der Waals surface area contributed by atoms with Crippen LogP contribution in [-0.2, 0) is 16.1 Å². The first-order valence-corrected chi connectivity index (χ1v) is 10.5. The highest BCUT2D eigenvalue weighted by molar-refractivity contribution is 5.89. The molecule has 3 aromatic carbocycles. The Kier molecular flexibility index (Phi) is 8.26. The Labute approximate surface area is 188 Å². The van der Waals surface area contributed by atoms with Gasteiger partial charge in [-0.3, -0.25) is 9.59 Å². The Morgan fingerprint density at radius 1 is 0.875 bits per heavy atom. The molecule has 0 aliphatic carbocycles. The van der Waals surface area contributed by atoms with Gasteiger partial charge in [0, 0.05) is 13.1 Å². The average molecular weight is 433 g/mol. The molecule has 3 aromatic rings. The van der Waals surface area contributed by atoms with Gasteiger partial charge in [-0.25, -0.2) is 0 Å². The van der Waals surface area contributed by atoms with Gasteiger partial charge in [-0.1, -0.05) is 60.7 Å². The summed E-state index contributed by atoms with van der Waals surface area (Å²) in [4.78, 5) is 28.0. The van der Waals surface area contributed by atoms with Crippen LogP contribution in [0.25, 0.3) is 0 Å². The number of benzene rings is 3. The van der Waals surface area contributed by atoms with Crippen LogP contribution in [-0.4, -0.2) is 37.0 Å². The summed E-state index contributed by atoms with van der Waals surface area (Å²) < 4.78 is 10.9. The highest BCUT2D eigenvalue weighted by atomic mass is 16.5. The monoisotopic (exact) mass is 432 g/mol. The van der Waals surface area contributed by atoms with E-state index in [1.165, 1.54) is 0 Å². The number of ether oxygens (including phenoxy) is 2. The third kappa shape index (κ3) is 6.11. The number of para-hydroxylation sites is 1. The molecule has 0 aliphatic rings. The molecule has 0 heterocycles. The second-order valence-corrected chi connectivity index (χ2v) is 7.18. The van der Waals surface area contributed by atoms with E-state index < -0.39 is 6.04 Å². The molecular weight excluding hydrogens is 404 g/mol. The van der Waals surface area contributed by atoms with Gasteiger partial charge in [0.1, 0.15) is 17.5 Å². The molecule has 166 valence electrons. The number of hydrogen-bond acceptors (Lipinski definition) is 4. The van der Waals surface area contributed by atoms with Gasteiger partial charge in [0.2, 0.25) is 5.91 Å². The molecule has 0 aromatic heterocycles. The summed E-state index contributed by atoms with van der Waals surface area (Å²) in [5.41, 5.74) is 1.61. The maximum atomic E-state index is 13.4. The molecule has 0 unspecified atom stereocenters. The van der Waals surface area contributed by atoms with E-state index in [4.69, 9.17) is 9.47 Å². The van der Waals surface area contributed by atoms with Crippen LogP contribution in [0.1, 0.15) is 24.1 Å². The van der Waals surface area contributed by atoms with Crippen LogP contribution in [0.3, 0.4) is 0 Å². The van der Waals surface area contributed by atoms with Crippen molar-refractivity contribution in [1.82, 2.24) is 10.2 Å². The summed E-state index contributed by atoms with van der Waals surface area (Å²) in [6.07, 6.45) is 0. The molecule has 0 aliphatic heterocycles. The quantitative estimate of drug-likeness (QED) is 0.526. The lowest BCUT2D eigenvalue weighted by Crippen LogP contribution is -2.45. The number of rotatable bonds is 10. The van der Waals surface area contributed by atoms with Crippen LogP contribution in [0.2, 0.25) is 0 Å². The Hall–Kier alpha value is -3.80. The predicted octanol–water partition coefficient (Wildman–Crippen LogP) is 3.98. The molecule has 0 spiro atoms. The number of amides is 2. The lowest BCUT2D eigenvalue weighted by atomic mass is 10.0. The summed E-state index contributed by atoms with van der Waals surface area (Å²) in [5.74, 6) is 0.798. The van der Waals surface area contributed by atoms with E-state index >= 15 is 0 Å². The zero-order chi connectivity index (χ0) is 22.8. The molecule has 1 atom stereocenters. The van der Waals surface area contributed by atoms with Crippen LogP contribution in [0.5, 0.6) is 11.5 Å². The second kappa shape index (κ2) is 11.6. The maximum absolute atomic E-state index is 13.4. The van der Waals surface area contributed by atoms with Crippen LogP contribution < -0.4 is 14.8 Å². The SMILES string of the molecule is CCNC(=O)[C@H](c1ccccc1)N(Cc1ccc(OC)cc1)C(=O)COc1ccccc1. The molecule has 6 heteroatoms. The van der Waals surface area contributed by atoms with E-state index in [1.807, 2.05) is 79.7 Å². The minimum absolute atomic E-state index is 0.178. The maximum Gasteiger partial charge on any atom is 0.261 e. The number of methoxy groups -OCH3 is 1. The van der Waals surface area contributed by atoms with E-state index in [1.54, 1.807) is 24.1 Å². The Balaban J connectivity index is 1.91. The van der Waals surface area contributed by atoms with Crippen molar-refractivity contribution in [1.29, 1.82) is 0 Å². The lowest BCUT2D eigenvalue weighted by molar-refractivity contribution is -0.143. The van der Waals surface area contributed by atoms with Crippen molar-refractivity contribution in [2.45, 2.75) is 19.5 Å². The standard InChI is InChI=1S/C26H28N2O4/c1-3-27-26(30)25(21-10-6-4-7-11-21)28(18-20-14-16-22(31-2)17-15-20)24(29)19-32-23-12-8-5-9-13-23/h4-17,25H,3,18-19H2,1-2H3,(H,27,30)/t25-/m0/s1. The molecule has 0 saturated heterocycles. The van der Waals surface area contributed by atoms with Gasteiger partial charge in [0.15, 0.2) is 6.61 Å². The van der Waals surface area contributed by atoms with Gasteiger partial charge >= 0.3 is 0 Å². The van der Waals surface area contributed by atoms with E-state index in [9.17, 15) is 9.59 Å². The third-order valence-electron chi connectivity index (χ3n) is 4.96. The van der Waals surface area contributed by atoms with Gasteiger partial charge < -0.3 is 19.7 Å². The molecule has 32 heavy (non-hydrogen) atoms. The predicted molar refractivity (Wildman–Crippen MR) is 123 cm³/mol. The summed E-state index contributed by atoms with van der Waals surface area (Å²) in [6.45, 7) is 2.39. The van der Waals surface area contributed by atoms with E-state index in [0.717, 1.165) is 16.9 Å². The molecule has 1 N–H and O–H groups in total. The fourth-order valence-electron chi connectivity index (χ4n) is 3.37. The Bertz CT molecular complexity index is 991. The first-order chi connectivity index (χ1) is 15.6. The molecule has 0 radical (unpaired) electrons. The number of carbonyl (C=O) groups is 2. The van der Waals surface area contributed by atoms with E-state index in [2.05, 4.69) is 5.32 Å².